The van der Waals surface area contributed by atoms with Crippen LogP contribution in [-0.2, 0) is 6.42 Å². The Bertz CT molecular complexity index is 756. The number of piperazine rings is 1. The zero-order valence-corrected chi connectivity index (χ0v) is 16.4. The summed E-state index contributed by atoms with van der Waals surface area (Å²) in [6.07, 6.45) is 0.991. The molecule has 0 radical (unpaired) electrons. The fourth-order valence-corrected chi connectivity index (χ4v) is 3.35. The molecule has 0 aliphatic carbocycles. The van der Waals surface area contributed by atoms with Crippen molar-refractivity contribution in [1.29, 1.82) is 0 Å². The molecule has 4 nitrogen and oxygen atoms in total. The molecule has 1 fully saturated rings. The quantitative estimate of drug-likeness (QED) is 0.819. The molecule has 0 aromatic heterocycles. The molecule has 2 aromatic rings. The largest absolute Gasteiger partial charge is 0.322 e. The van der Waals surface area contributed by atoms with E-state index < -0.39 is 0 Å². The van der Waals surface area contributed by atoms with Crippen LogP contribution < -0.4 is 5.32 Å². The summed E-state index contributed by atoms with van der Waals surface area (Å²) in [6, 6.07) is 13.5. The molecule has 26 heavy (non-hydrogen) atoms. The fraction of sp³-hybridized carbons (Fsp3) is 0.350. The number of carbonyl (C=O) groups is 1. The Labute approximate surface area is 164 Å². The number of urea groups is 1. The minimum atomic E-state index is -0.0623. The van der Waals surface area contributed by atoms with Crippen LogP contribution in [0.4, 0.5) is 10.5 Å². The van der Waals surface area contributed by atoms with Gasteiger partial charge >= 0.3 is 6.03 Å². The molecular formula is C20H23Cl2N3O. The lowest BCUT2D eigenvalue weighted by Crippen LogP contribution is -2.50. The highest BCUT2D eigenvalue weighted by Crippen LogP contribution is 2.23. The highest BCUT2D eigenvalue weighted by molar-refractivity contribution is 6.31. The second kappa shape index (κ2) is 8.76. The second-order valence-corrected chi connectivity index (χ2v) is 7.39. The molecule has 0 unspecified atom stereocenters. The smallest absolute Gasteiger partial charge is 0.321 e. The maximum Gasteiger partial charge on any atom is 0.321 e. The number of anilines is 1. The van der Waals surface area contributed by atoms with Crippen LogP contribution >= 0.6 is 23.2 Å². The molecule has 0 bridgehead atoms. The topological polar surface area (TPSA) is 35.6 Å². The van der Waals surface area contributed by atoms with Crippen LogP contribution in [0.3, 0.4) is 0 Å². The van der Waals surface area contributed by atoms with E-state index in [1.807, 2.05) is 42.2 Å². The number of benzene rings is 2. The van der Waals surface area contributed by atoms with Crippen LogP contribution in [0.1, 0.15) is 11.1 Å². The van der Waals surface area contributed by atoms with Crippen LogP contribution in [-0.4, -0.2) is 48.6 Å². The molecule has 0 spiro atoms. The first-order valence-corrected chi connectivity index (χ1v) is 9.56. The van der Waals surface area contributed by atoms with Gasteiger partial charge in [0.05, 0.1) is 0 Å². The van der Waals surface area contributed by atoms with Gasteiger partial charge in [-0.3, -0.25) is 4.90 Å². The summed E-state index contributed by atoms with van der Waals surface area (Å²) in [6.45, 7) is 6.13. The number of carbonyl (C=O) groups excluding carboxylic acids is 1. The number of nitrogens with one attached hydrogen (secondary N) is 1. The Kier molecular flexibility index (Phi) is 6.41. The highest BCUT2D eigenvalue weighted by atomic mass is 35.5. The molecule has 0 atom stereocenters. The molecule has 2 amide bonds. The molecule has 1 aliphatic rings. The highest BCUT2D eigenvalue weighted by Gasteiger charge is 2.21. The maximum atomic E-state index is 12.5. The van der Waals surface area contributed by atoms with Crippen molar-refractivity contribution in [2.75, 3.05) is 38.0 Å². The Morgan fingerprint density at radius 3 is 2.42 bits per heavy atom. The van der Waals surface area contributed by atoms with Crippen molar-refractivity contribution in [3.63, 3.8) is 0 Å². The zero-order valence-electron chi connectivity index (χ0n) is 14.8. The van der Waals surface area contributed by atoms with Gasteiger partial charge in [-0.25, -0.2) is 4.79 Å². The second-order valence-electron chi connectivity index (χ2n) is 6.55. The van der Waals surface area contributed by atoms with E-state index in [1.165, 1.54) is 5.56 Å². The maximum absolute atomic E-state index is 12.5. The average Bonchev–Trinajstić information content (AvgIpc) is 2.65. The molecule has 138 valence electrons. The van der Waals surface area contributed by atoms with Gasteiger partial charge in [-0.1, -0.05) is 41.4 Å². The first kappa shape index (κ1) is 19.0. The van der Waals surface area contributed by atoms with Crippen molar-refractivity contribution in [3.05, 3.63) is 63.6 Å². The van der Waals surface area contributed by atoms with Crippen molar-refractivity contribution in [2.45, 2.75) is 13.3 Å². The summed E-state index contributed by atoms with van der Waals surface area (Å²) < 4.78 is 0. The lowest BCUT2D eigenvalue weighted by molar-refractivity contribution is 0.148. The Balaban J connectivity index is 1.46. The Morgan fingerprint density at radius 1 is 1.04 bits per heavy atom. The molecule has 0 saturated carbocycles. The van der Waals surface area contributed by atoms with Crippen LogP contribution in [0.2, 0.25) is 10.0 Å². The summed E-state index contributed by atoms with van der Waals surface area (Å²) in [5.41, 5.74) is 2.95. The minimum Gasteiger partial charge on any atom is -0.322 e. The number of amides is 2. The van der Waals surface area contributed by atoms with Crippen molar-refractivity contribution < 1.29 is 4.79 Å². The molecular weight excluding hydrogens is 369 g/mol. The van der Waals surface area contributed by atoms with E-state index in [0.29, 0.717) is 5.02 Å². The SMILES string of the molecule is Cc1c(Cl)cccc1NC(=O)N1CCN(CCc2ccc(Cl)cc2)CC1. The van der Waals surface area contributed by atoms with Gasteiger partial charge in [0.15, 0.2) is 0 Å². The molecule has 6 heteroatoms. The van der Waals surface area contributed by atoms with Crippen LogP contribution in [0.25, 0.3) is 0 Å². The summed E-state index contributed by atoms with van der Waals surface area (Å²) in [5.74, 6) is 0. The van der Waals surface area contributed by atoms with E-state index in [0.717, 1.165) is 55.4 Å². The fourth-order valence-electron chi connectivity index (χ4n) is 3.05. The van der Waals surface area contributed by atoms with Crippen molar-refractivity contribution >= 4 is 34.9 Å². The normalized spacial score (nSPS) is 15.1. The van der Waals surface area contributed by atoms with Gasteiger partial charge in [-0.2, -0.15) is 0 Å². The molecule has 1 saturated heterocycles. The van der Waals surface area contributed by atoms with Crippen LogP contribution in [0, 0.1) is 6.92 Å². The van der Waals surface area contributed by atoms with Gasteiger partial charge in [-0.05, 0) is 48.7 Å². The average molecular weight is 392 g/mol. The summed E-state index contributed by atoms with van der Waals surface area (Å²) in [5, 5.41) is 4.40. The van der Waals surface area contributed by atoms with Crippen molar-refractivity contribution in [2.24, 2.45) is 0 Å². The van der Waals surface area contributed by atoms with E-state index in [1.54, 1.807) is 0 Å². The van der Waals surface area contributed by atoms with E-state index in [9.17, 15) is 4.79 Å². The van der Waals surface area contributed by atoms with Gasteiger partial charge < -0.3 is 10.2 Å². The predicted molar refractivity (Wildman–Crippen MR) is 108 cm³/mol. The number of hydrogen-bond donors (Lipinski definition) is 1. The standard InChI is InChI=1S/C20H23Cl2N3O/c1-15-18(22)3-2-4-19(15)23-20(26)25-13-11-24(12-14-25)10-9-16-5-7-17(21)8-6-16/h2-8H,9-14H2,1H3,(H,23,26). The van der Waals surface area contributed by atoms with Gasteiger partial charge in [0.2, 0.25) is 0 Å². The third-order valence-electron chi connectivity index (χ3n) is 4.80. The van der Waals surface area contributed by atoms with Crippen LogP contribution in [0.5, 0.6) is 0 Å². The Hall–Kier alpha value is -1.75. The van der Waals surface area contributed by atoms with E-state index in [4.69, 9.17) is 23.2 Å². The lowest BCUT2D eigenvalue weighted by atomic mass is 10.1. The van der Waals surface area contributed by atoms with Crippen LogP contribution in [0.15, 0.2) is 42.5 Å². The molecule has 1 aliphatic heterocycles. The molecule has 2 aromatic carbocycles. The third-order valence-corrected chi connectivity index (χ3v) is 5.46. The van der Waals surface area contributed by atoms with Crippen molar-refractivity contribution in [1.82, 2.24) is 9.80 Å². The summed E-state index contributed by atoms with van der Waals surface area (Å²) >= 11 is 12.0. The minimum absolute atomic E-state index is 0.0623. The first-order valence-electron chi connectivity index (χ1n) is 8.81. The third kappa shape index (κ3) is 4.91. The lowest BCUT2D eigenvalue weighted by Gasteiger charge is -2.34. The van der Waals surface area contributed by atoms with Gasteiger partial charge in [0.1, 0.15) is 0 Å². The van der Waals surface area contributed by atoms with Gasteiger partial charge in [-0.15, -0.1) is 0 Å². The van der Waals surface area contributed by atoms with Gasteiger partial charge in [0, 0.05) is 48.5 Å². The summed E-state index contributed by atoms with van der Waals surface area (Å²) in [7, 11) is 0. The number of nitrogens with zero attached hydrogens (tertiary/aromatic N) is 2. The van der Waals surface area contributed by atoms with E-state index >= 15 is 0 Å². The summed E-state index contributed by atoms with van der Waals surface area (Å²) in [4.78, 5) is 16.7. The molecule has 3 rings (SSSR count). The zero-order chi connectivity index (χ0) is 18.5. The predicted octanol–water partition coefficient (Wildman–Crippen LogP) is 4.69. The van der Waals surface area contributed by atoms with E-state index in [2.05, 4.69) is 22.3 Å². The Morgan fingerprint density at radius 2 is 1.73 bits per heavy atom. The monoisotopic (exact) mass is 391 g/mol. The molecule has 1 N–H and O–H groups in total. The number of rotatable bonds is 4. The number of hydrogen-bond acceptors (Lipinski definition) is 2. The number of halogens is 2. The van der Waals surface area contributed by atoms with Gasteiger partial charge in [0.25, 0.3) is 0 Å². The van der Waals surface area contributed by atoms with E-state index in [-0.39, 0.29) is 6.03 Å². The molecule has 1 heterocycles. The van der Waals surface area contributed by atoms with Crippen molar-refractivity contribution in [3.8, 4) is 0 Å². The first-order chi connectivity index (χ1) is 12.5.